The maximum atomic E-state index is 13.5. The number of nitrogens with one attached hydrogen (secondary N) is 3. The molecule has 0 spiro atoms. The monoisotopic (exact) mass is 378 g/mol. The molecule has 3 N–H and O–H groups in total. The summed E-state index contributed by atoms with van der Waals surface area (Å²) >= 11 is 5.80. The Balaban J connectivity index is 1.68. The molecule has 7 heteroatoms. The first-order chi connectivity index (χ1) is 12.4. The molecule has 5 nitrogen and oxygen atoms in total. The van der Waals surface area contributed by atoms with Gasteiger partial charge in [0.05, 0.1) is 7.05 Å². The van der Waals surface area contributed by atoms with E-state index in [1.807, 2.05) is 0 Å². The molecule has 0 aliphatic rings. The van der Waals surface area contributed by atoms with Gasteiger partial charge >= 0.3 is 0 Å². The van der Waals surface area contributed by atoms with Gasteiger partial charge in [0.25, 0.3) is 11.8 Å². The molecule has 138 valence electrons. The Hall–Kier alpha value is -2.44. The standard InChI is InChI=1S/C19H21ClFN3O2/c1-24(13-19(26)23-16-8-6-15(20)7-9-16)12-18(25)22-11-10-14-4-2-3-5-17(14)21/h2-9H,10-13H2,1H3,(H,22,25)(H,23,26)/p+1. The SMILES string of the molecule is C[NH+](CC(=O)NCCc1ccccc1F)CC(=O)Nc1ccc(Cl)cc1. The van der Waals surface area contributed by atoms with Gasteiger partial charge in [-0.15, -0.1) is 0 Å². The minimum absolute atomic E-state index is 0.156. The summed E-state index contributed by atoms with van der Waals surface area (Å²) in [6.07, 6.45) is 0.425. The highest BCUT2D eigenvalue weighted by molar-refractivity contribution is 6.30. The molecule has 1 unspecified atom stereocenters. The molecule has 2 aromatic rings. The number of carbonyl (C=O) groups is 2. The van der Waals surface area contributed by atoms with E-state index < -0.39 is 0 Å². The average Bonchev–Trinajstić information content (AvgIpc) is 2.58. The predicted molar refractivity (Wildman–Crippen MR) is 99.8 cm³/mol. The molecule has 0 aliphatic heterocycles. The van der Waals surface area contributed by atoms with Crippen LogP contribution in [-0.2, 0) is 16.0 Å². The highest BCUT2D eigenvalue weighted by atomic mass is 35.5. The zero-order valence-corrected chi connectivity index (χ0v) is 15.3. The van der Waals surface area contributed by atoms with Crippen molar-refractivity contribution in [3.63, 3.8) is 0 Å². The number of hydrogen-bond acceptors (Lipinski definition) is 2. The lowest BCUT2D eigenvalue weighted by molar-refractivity contribution is -0.862. The summed E-state index contributed by atoms with van der Waals surface area (Å²) in [6.45, 7) is 0.665. The largest absolute Gasteiger partial charge is 0.351 e. The molecule has 0 saturated carbocycles. The minimum Gasteiger partial charge on any atom is -0.351 e. The van der Waals surface area contributed by atoms with Gasteiger partial charge in [0, 0.05) is 17.3 Å². The van der Waals surface area contributed by atoms with Crippen LogP contribution in [0, 0.1) is 5.82 Å². The summed E-state index contributed by atoms with van der Waals surface area (Å²) in [7, 11) is 1.76. The van der Waals surface area contributed by atoms with Crippen molar-refractivity contribution in [3.05, 3.63) is 64.9 Å². The second-order valence-corrected chi connectivity index (χ2v) is 6.49. The van der Waals surface area contributed by atoms with Crippen LogP contribution in [0.1, 0.15) is 5.56 Å². The first-order valence-electron chi connectivity index (χ1n) is 8.31. The van der Waals surface area contributed by atoms with E-state index in [9.17, 15) is 14.0 Å². The molecule has 0 saturated heterocycles. The highest BCUT2D eigenvalue weighted by Crippen LogP contribution is 2.12. The quantitative estimate of drug-likeness (QED) is 0.648. The van der Waals surface area contributed by atoms with Crippen molar-refractivity contribution in [1.82, 2.24) is 5.32 Å². The van der Waals surface area contributed by atoms with E-state index in [1.165, 1.54) is 6.07 Å². The molecular formula is C19H22ClFN3O2+. The third-order valence-corrected chi connectivity index (χ3v) is 3.98. The Labute approximate surface area is 157 Å². The van der Waals surface area contributed by atoms with Gasteiger partial charge in [-0.2, -0.15) is 0 Å². The molecule has 0 fully saturated rings. The molecule has 0 bridgehead atoms. The summed E-state index contributed by atoms with van der Waals surface area (Å²) in [5.41, 5.74) is 1.22. The van der Waals surface area contributed by atoms with E-state index in [0.29, 0.717) is 29.2 Å². The molecule has 0 aliphatic carbocycles. The maximum Gasteiger partial charge on any atom is 0.279 e. The van der Waals surface area contributed by atoms with Gasteiger partial charge in [0.15, 0.2) is 13.1 Å². The first-order valence-corrected chi connectivity index (χ1v) is 8.68. The number of likely N-dealkylation sites (N-methyl/N-ethyl adjacent to an activating group) is 1. The topological polar surface area (TPSA) is 62.6 Å². The van der Waals surface area contributed by atoms with Crippen molar-refractivity contribution >= 4 is 29.1 Å². The molecule has 2 rings (SSSR count). The molecular weight excluding hydrogens is 357 g/mol. The van der Waals surface area contributed by atoms with E-state index in [-0.39, 0.29) is 30.7 Å². The number of rotatable bonds is 8. The van der Waals surface area contributed by atoms with Crippen molar-refractivity contribution < 1.29 is 18.9 Å². The molecule has 0 aromatic heterocycles. The minimum atomic E-state index is -0.275. The van der Waals surface area contributed by atoms with Gasteiger partial charge in [-0.25, -0.2) is 4.39 Å². The number of halogens is 2. The third-order valence-electron chi connectivity index (χ3n) is 3.73. The average molecular weight is 379 g/mol. The Morgan fingerprint density at radius 1 is 1.04 bits per heavy atom. The normalized spacial score (nSPS) is 11.7. The van der Waals surface area contributed by atoms with Crippen LogP contribution in [0.25, 0.3) is 0 Å². The number of amides is 2. The van der Waals surface area contributed by atoms with E-state index in [0.717, 1.165) is 4.90 Å². The Morgan fingerprint density at radius 2 is 1.69 bits per heavy atom. The lowest BCUT2D eigenvalue weighted by atomic mass is 10.1. The van der Waals surface area contributed by atoms with Crippen molar-refractivity contribution in [1.29, 1.82) is 0 Å². The fourth-order valence-corrected chi connectivity index (χ4v) is 2.58. The van der Waals surface area contributed by atoms with E-state index in [4.69, 9.17) is 11.6 Å². The number of carbonyl (C=O) groups excluding carboxylic acids is 2. The van der Waals surface area contributed by atoms with Crippen LogP contribution in [0.15, 0.2) is 48.5 Å². The smallest absolute Gasteiger partial charge is 0.279 e. The zero-order valence-electron chi connectivity index (χ0n) is 14.5. The van der Waals surface area contributed by atoms with Gasteiger partial charge in [-0.05, 0) is 42.3 Å². The second kappa shape index (κ2) is 9.89. The van der Waals surface area contributed by atoms with E-state index in [1.54, 1.807) is 49.5 Å². The highest BCUT2D eigenvalue weighted by Gasteiger charge is 2.14. The third kappa shape index (κ3) is 6.82. The summed E-state index contributed by atoms with van der Waals surface area (Å²) in [6, 6.07) is 13.3. The zero-order chi connectivity index (χ0) is 18.9. The molecule has 1 atom stereocenters. The Kier molecular flexibility index (Phi) is 7.56. The van der Waals surface area contributed by atoms with Crippen molar-refractivity contribution in [2.24, 2.45) is 0 Å². The van der Waals surface area contributed by atoms with Crippen LogP contribution >= 0.6 is 11.6 Å². The van der Waals surface area contributed by atoms with E-state index >= 15 is 0 Å². The predicted octanol–water partition coefficient (Wildman–Crippen LogP) is 1.29. The number of benzene rings is 2. The molecule has 0 heterocycles. The fourth-order valence-electron chi connectivity index (χ4n) is 2.45. The van der Waals surface area contributed by atoms with Crippen molar-refractivity contribution in [3.8, 4) is 0 Å². The summed E-state index contributed by atoms with van der Waals surface area (Å²) < 4.78 is 13.5. The van der Waals surface area contributed by atoms with Gasteiger partial charge < -0.3 is 15.5 Å². The summed E-state index contributed by atoms with van der Waals surface area (Å²) in [4.78, 5) is 24.7. The molecule has 26 heavy (non-hydrogen) atoms. The molecule has 0 radical (unpaired) electrons. The maximum absolute atomic E-state index is 13.5. The van der Waals surface area contributed by atoms with E-state index in [2.05, 4.69) is 10.6 Å². The van der Waals surface area contributed by atoms with Crippen molar-refractivity contribution in [2.45, 2.75) is 6.42 Å². The van der Waals surface area contributed by atoms with Crippen LogP contribution in [0.3, 0.4) is 0 Å². The number of hydrogen-bond donors (Lipinski definition) is 3. The van der Waals surface area contributed by atoms with Crippen LogP contribution in [0.2, 0.25) is 5.02 Å². The first kappa shape index (κ1) is 19.9. The van der Waals surface area contributed by atoms with Gasteiger partial charge in [-0.3, -0.25) is 9.59 Å². The van der Waals surface area contributed by atoms with Crippen LogP contribution < -0.4 is 15.5 Å². The van der Waals surface area contributed by atoms with Crippen molar-refractivity contribution in [2.75, 3.05) is 32.0 Å². The summed E-state index contributed by atoms with van der Waals surface area (Å²) in [5.74, 6) is -0.648. The Morgan fingerprint density at radius 3 is 2.38 bits per heavy atom. The van der Waals surface area contributed by atoms with Gasteiger partial charge in [-0.1, -0.05) is 29.8 Å². The number of anilines is 1. The second-order valence-electron chi connectivity index (χ2n) is 6.06. The Bertz CT molecular complexity index is 753. The van der Waals surface area contributed by atoms with Crippen LogP contribution in [0.5, 0.6) is 0 Å². The molecule has 2 amide bonds. The lowest BCUT2D eigenvalue weighted by Gasteiger charge is -2.14. The lowest BCUT2D eigenvalue weighted by Crippen LogP contribution is -3.11. The van der Waals surface area contributed by atoms with Gasteiger partial charge in [0.1, 0.15) is 5.82 Å². The van der Waals surface area contributed by atoms with Crippen LogP contribution in [-0.4, -0.2) is 38.5 Å². The fraction of sp³-hybridized carbons (Fsp3) is 0.263. The van der Waals surface area contributed by atoms with Gasteiger partial charge in [0.2, 0.25) is 0 Å². The molecule has 2 aromatic carbocycles. The van der Waals surface area contributed by atoms with Crippen LogP contribution in [0.4, 0.5) is 10.1 Å². The summed E-state index contributed by atoms with van der Waals surface area (Å²) in [5, 5.41) is 6.09. The number of quaternary nitrogens is 1.